The molecule has 0 aliphatic heterocycles. The molecule has 4 aromatic rings. The first-order chi connectivity index (χ1) is 12.2. The van der Waals surface area contributed by atoms with Crippen molar-refractivity contribution >= 4 is 28.1 Å². The number of aromatic nitrogens is 2. The maximum atomic E-state index is 12.4. The Labute approximate surface area is 149 Å². The number of furan rings is 1. The van der Waals surface area contributed by atoms with Gasteiger partial charge in [0.1, 0.15) is 16.4 Å². The Morgan fingerprint density at radius 2 is 2.08 bits per heavy atom. The van der Waals surface area contributed by atoms with Crippen LogP contribution in [0.2, 0.25) is 0 Å². The van der Waals surface area contributed by atoms with Gasteiger partial charge >= 0.3 is 0 Å². The lowest BCUT2D eigenvalue weighted by molar-refractivity contribution is -0.117. The first kappa shape index (κ1) is 15.7. The molecule has 4 rings (SSSR count). The van der Waals surface area contributed by atoms with Crippen molar-refractivity contribution in [3.63, 3.8) is 0 Å². The molecule has 0 fully saturated rings. The molecule has 5 heteroatoms. The molecule has 3 aromatic heterocycles. The number of rotatable bonds is 5. The Morgan fingerprint density at radius 3 is 2.92 bits per heavy atom. The first-order valence-electron chi connectivity index (χ1n) is 8.03. The summed E-state index contributed by atoms with van der Waals surface area (Å²) in [6, 6.07) is 11.8. The van der Waals surface area contributed by atoms with Gasteiger partial charge in [-0.1, -0.05) is 18.2 Å². The predicted molar refractivity (Wildman–Crippen MR) is 98.7 cm³/mol. The van der Waals surface area contributed by atoms with E-state index in [0.717, 1.165) is 38.5 Å². The number of hydrogen-bond acceptors (Lipinski definition) is 5. The zero-order valence-electron chi connectivity index (χ0n) is 13.7. The van der Waals surface area contributed by atoms with E-state index in [1.807, 2.05) is 48.7 Å². The number of hydrogen-bond donors (Lipinski definition) is 0. The zero-order valence-corrected chi connectivity index (χ0v) is 14.5. The predicted octanol–water partition coefficient (Wildman–Crippen LogP) is 4.61. The number of Topliss-reactive ketones (excluding diaryl/α,β-unsaturated/α-hetero) is 1. The molecule has 0 aliphatic rings. The quantitative estimate of drug-likeness (QED) is 0.528. The van der Waals surface area contributed by atoms with Crippen LogP contribution in [0.5, 0.6) is 0 Å². The molecule has 0 unspecified atom stereocenters. The van der Waals surface area contributed by atoms with E-state index >= 15 is 0 Å². The Bertz CT molecular complexity index is 1030. The minimum absolute atomic E-state index is 0.130. The molecule has 25 heavy (non-hydrogen) atoms. The number of carbonyl (C=O) groups is 1. The van der Waals surface area contributed by atoms with Gasteiger partial charge in [-0.3, -0.25) is 9.78 Å². The average Bonchev–Trinajstić information content (AvgIpc) is 3.23. The van der Waals surface area contributed by atoms with Gasteiger partial charge in [-0.15, -0.1) is 11.3 Å². The average molecular weight is 348 g/mol. The molecular formula is C20H16N2O2S. The number of ketones is 1. The number of aryl methyl sites for hydroxylation is 1. The fourth-order valence-electron chi connectivity index (χ4n) is 2.79. The number of carbonyl (C=O) groups excluding carboxylic acids is 1. The Kier molecular flexibility index (Phi) is 4.15. The van der Waals surface area contributed by atoms with Crippen LogP contribution in [-0.4, -0.2) is 15.8 Å². The first-order valence-corrected chi connectivity index (χ1v) is 8.91. The molecule has 0 N–H and O–H groups in total. The van der Waals surface area contributed by atoms with Crippen LogP contribution in [0, 0.1) is 6.92 Å². The molecule has 0 amide bonds. The molecule has 3 heterocycles. The van der Waals surface area contributed by atoms with E-state index in [9.17, 15) is 4.79 Å². The van der Waals surface area contributed by atoms with E-state index in [2.05, 4.69) is 9.97 Å². The van der Waals surface area contributed by atoms with E-state index in [0.29, 0.717) is 12.8 Å². The van der Waals surface area contributed by atoms with Crippen molar-refractivity contribution in [2.24, 2.45) is 0 Å². The highest BCUT2D eigenvalue weighted by Gasteiger charge is 2.13. The molecule has 0 saturated carbocycles. The van der Waals surface area contributed by atoms with Crippen LogP contribution in [0.15, 0.2) is 58.7 Å². The van der Waals surface area contributed by atoms with Crippen molar-refractivity contribution in [3.8, 4) is 11.4 Å². The van der Waals surface area contributed by atoms with Crippen LogP contribution in [0.4, 0.5) is 0 Å². The van der Waals surface area contributed by atoms with Gasteiger partial charge in [-0.2, -0.15) is 0 Å². The van der Waals surface area contributed by atoms with Crippen molar-refractivity contribution in [1.82, 2.24) is 9.97 Å². The minimum atomic E-state index is 0.130. The van der Waals surface area contributed by atoms with E-state index in [1.165, 1.54) is 11.3 Å². The molecular weight excluding hydrogens is 332 g/mol. The lowest BCUT2D eigenvalue weighted by Crippen LogP contribution is -2.06. The second-order valence-electron chi connectivity index (χ2n) is 5.99. The summed E-state index contributed by atoms with van der Waals surface area (Å²) < 4.78 is 5.57. The monoisotopic (exact) mass is 348 g/mol. The topological polar surface area (TPSA) is 56.0 Å². The highest BCUT2D eigenvalue weighted by Crippen LogP contribution is 2.24. The van der Waals surface area contributed by atoms with Gasteiger partial charge < -0.3 is 4.42 Å². The fraction of sp³-hybridized carbons (Fsp3) is 0.150. The van der Waals surface area contributed by atoms with Gasteiger partial charge in [-0.25, -0.2) is 4.98 Å². The van der Waals surface area contributed by atoms with Crippen molar-refractivity contribution in [1.29, 1.82) is 0 Å². The summed E-state index contributed by atoms with van der Waals surface area (Å²) in [5.41, 5.74) is 4.55. The van der Waals surface area contributed by atoms with E-state index < -0.39 is 0 Å². The summed E-state index contributed by atoms with van der Waals surface area (Å²) in [7, 11) is 0. The zero-order chi connectivity index (χ0) is 17.2. The molecule has 4 nitrogen and oxygen atoms in total. The van der Waals surface area contributed by atoms with E-state index in [-0.39, 0.29) is 5.78 Å². The minimum Gasteiger partial charge on any atom is -0.464 e. The maximum absolute atomic E-state index is 12.4. The molecule has 0 bridgehead atoms. The lowest BCUT2D eigenvalue weighted by atomic mass is 10.1. The number of thiazole rings is 1. The van der Waals surface area contributed by atoms with Crippen molar-refractivity contribution in [3.05, 3.63) is 70.4 Å². The van der Waals surface area contributed by atoms with Crippen LogP contribution in [0.25, 0.3) is 22.4 Å². The summed E-state index contributed by atoms with van der Waals surface area (Å²) in [6.45, 7) is 2.02. The van der Waals surface area contributed by atoms with E-state index in [1.54, 1.807) is 12.5 Å². The lowest BCUT2D eigenvalue weighted by Gasteiger charge is -1.98. The number of pyridine rings is 1. The fourth-order valence-corrected chi connectivity index (χ4v) is 3.61. The van der Waals surface area contributed by atoms with Crippen LogP contribution < -0.4 is 0 Å². The highest BCUT2D eigenvalue weighted by molar-refractivity contribution is 7.10. The van der Waals surface area contributed by atoms with Crippen LogP contribution in [0.1, 0.15) is 16.1 Å². The molecule has 0 radical (unpaired) electrons. The van der Waals surface area contributed by atoms with Gasteiger partial charge in [0, 0.05) is 28.9 Å². The maximum Gasteiger partial charge on any atom is 0.144 e. The van der Waals surface area contributed by atoms with Gasteiger partial charge in [0.15, 0.2) is 0 Å². The SMILES string of the molecule is Cc1ccc2c(CC(=O)Cc3nc(-c4ccccn4)cs3)coc2c1. The standard InChI is InChI=1S/C20H16N2O2S/c1-13-5-6-16-14(11-24-19(16)8-13)9-15(23)10-20-22-18(12-25-20)17-4-2-3-7-21-17/h2-8,11-12H,9-10H2,1H3. The Balaban J connectivity index is 1.48. The third-order valence-corrected chi connectivity index (χ3v) is 4.88. The van der Waals surface area contributed by atoms with Crippen LogP contribution in [-0.2, 0) is 17.6 Å². The summed E-state index contributed by atoms with van der Waals surface area (Å²) in [4.78, 5) is 21.3. The van der Waals surface area contributed by atoms with Gasteiger partial charge in [0.25, 0.3) is 0 Å². The second-order valence-corrected chi connectivity index (χ2v) is 6.94. The highest BCUT2D eigenvalue weighted by atomic mass is 32.1. The third kappa shape index (κ3) is 3.37. The summed E-state index contributed by atoms with van der Waals surface area (Å²) in [5, 5.41) is 3.77. The van der Waals surface area contributed by atoms with Crippen molar-refractivity contribution in [2.75, 3.05) is 0 Å². The van der Waals surface area contributed by atoms with Gasteiger partial charge in [-0.05, 0) is 30.7 Å². The number of fused-ring (bicyclic) bond motifs is 1. The number of nitrogens with zero attached hydrogens (tertiary/aromatic N) is 2. The smallest absolute Gasteiger partial charge is 0.144 e. The largest absolute Gasteiger partial charge is 0.464 e. The van der Waals surface area contributed by atoms with Crippen molar-refractivity contribution < 1.29 is 9.21 Å². The molecule has 0 spiro atoms. The molecule has 1 aromatic carbocycles. The summed E-state index contributed by atoms with van der Waals surface area (Å²) in [5.74, 6) is 0.130. The Hall–Kier alpha value is -2.79. The van der Waals surface area contributed by atoms with Crippen LogP contribution >= 0.6 is 11.3 Å². The Morgan fingerprint density at radius 1 is 1.16 bits per heavy atom. The third-order valence-electron chi connectivity index (χ3n) is 4.03. The second kappa shape index (κ2) is 6.61. The van der Waals surface area contributed by atoms with E-state index in [4.69, 9.17) is 4.42 Å². The molecule has 124 valence electrons. The molecule has 0 atom stereocenters. The summed E-state index contributed by atoms with van der Waals surface area (Å²) >= 11 is 1.50. The van der Waals surface area contributed by atoms with Crippen molar-refractivity contribution in [2.45, 2.75) is 19.8 Å². The number of benzene rings is 1. The summed E-state index contributed by atoms with van der Waals surface area (Å²) in [6.07, 6.45) is 4.11. The van der Waals surface area contributed by atoms with Gasteiger partial charge in [0.2, 0.25) is 0 Å². The molecule has 0 saturated heterocycles. The molecule has 0 aliphatic carbocycles. The van der Waals surface area contributed by atoms with Crippen LogP contribution in [0.3, 0.4) is 0 Å². The van der Waals surface area contributed by atoms with Gasteiger partial charge in [0.05, 0.1) is 24.1 Å². The normalized spacial score (nSPS) is 11.1.